The maximum atomic E-state index is 11.4. The van der Waals surface area contributed by atoms with Gasteiger partial charge in [-0.1, -0.05) is 12.1 Å². The Labute approximate surface area is 146 Å². The normalized spacial score (nSPS) is 15.0. The van der Waals surface area contributed by atoms with E-state index in [1.807, 2.05) is 28.8 Å². The van der Waals surface area contributed by atoms with Crippen LogP contribution in [-0.4, -0.2) is 51.5 Å². The van der Waals surface area contributed by atoms with Gasteiger partial charge in [0.05, 0.1) is 29.3 Å². The SMILES string of the molecule is CC(=O)N1CCN(c2ccc(-c3cc4ncn(C)c4cn3)cc2)CC1. The van der Waals surface area contributed by atoms with Crippen molar-refractivity contribution in [3.63, 3.8) is 0 Å². The van der Waals surface area contributed by atoms with Crippen LogP contribution in [0.5, 0.6) is 0 Å². The third-order valence-corrected chi connectivity index (χ3v) is 4.87. The van der Waals surface area contributed by atoms with Crippen molar-refractivity contribution < 1.29 is 4.79 Å². The number of hydrogen-bond donors (Lipinski definition) is 0. The molecular weight excluding hydrogens is 314 g/mol. The number of nitrogens with zero attached hydrogens (tertiary/aromatic N) is 5. The zero-order valence-electron chi connectivity index (χ0n) is 14.5. The molecule has 0 aliphatic carbocycles. The van der Waals surface area contributed by atoms with Gasteiger partial charge in [-0.15, -0.1) is 0 Å². The van der Waals surface area contributed by atoms with Gasteiger partial charge >= 0.3 is 0 Å². The Balaban J connectivity index is 1.52. The van der Waals surface area contributed by atoms with Crippen molar-refractivity contribution in [1.29, 1.82) is 0 Å². The summed E-state index contributed by atoms with van der Waals surface area (Å²) in [5, 5.41) is 0. The minimum Gasteiger partial charge on any atom is -0.368 e. The number of aromatic nitrogens is 3. The number of anilines is 1. The molecule has 3 heterocycles. The van der Waals surface area contributed by atoms with Crippen molar-refractivity contribution in [2.24, 2.45) is 7.05 Å². The van der Waals surface area contributed by atoms with Gasteiger partial charge in [0.25, 0.3) is 0 Å². The third kappa shape index (κ3) is 2.95. The summed E-state index contributed by atoms with van der Waals surface area (Å²) in [7, 11) is 1.97. The average molecular weight is 335 g/mol. The molecule has 1 aliphatic rings. The number of imidazole rings is 1. The van der Waals surface area contributed by atoms with Crippen molar-refractivity contribution in [2.75, 3.05) is 31.1 Å². The first-order valence-corrected chi connectivity index (χ1v) is 8.50. The standard InChI is InChI=1S/C19H21N5O/c1-14(25)23-7-9-24(10-8-23)16-5-3-15(4-6-16)17-11-18-19(12-20-17)22(2)13-21-18/h3-6,11-13H,7-10H2,1-2H3. The quantitative estimate of drug-likeness (QED) is 0.721. The van der Waals surface area contributed by atoms with E-state index in [2.05, 4.69) is 39.1 Å². The zero-order valence-corrected chi connectivity index (χ0v) is 14.5. The van der Waals surface area contributed by atoms with E-state index in [0.717, 1.165) is 48.5 Å². The lowest BCUT2D eigenvalue weighted by Crippen LogP contribution is -2.48. The van der Waals surface area contributed by atoms with Crippen LogP contribution < -0.4 is 4.90 Å². The van der Waals surface area contributed by atoms with E-state index < -0.39 is 0 Å². The van der Waals surface area contributed by atoms with Crippen molar-refractivity contribution in [3.8, 4) is 11.3 Å². The summed E-state index contributed by atoms with van der Waals surface area (Å²) >= 11 is 0. The average Bonchev–Trinajstić information content (AvgIpc) is 3.02. The first kappa shape index (κ1) is 15.6. The van der Waals surface area contributed by atoms with E-state index in [1.54, 1.807) is 13.3 Å². The molecule has 6 heteroatoms. The lowest BCUT2D eigenvalue weighted by molar-refractivity contribution is -0.129. The van der Waals surface area contributed by atoms with Crippen LogP contribution >= 0.6 is 0 Å². The Kier molecular flexibility index (Phi) is 3.87. The predicted octanol–water partition coefficient (Wildman–Crippen LogP) is 2.30. The molecule has 0 spiro atoms. The maximum absolute atomic E-state index is 11.4. The molecule has 1 aromatic carbocycles. The zero-order chi connectivity index (χ0) is 17.4. The lowest BCUT2D eigenvalue weighted by Gasteiger charge is -2.35. The van der Waals surface area contributed by atoms with Crippen LogP contribution in [-0.2, 0) is 11.8 Å². The van der Waals surface area contributed by atoms with Gasteiger partial charge in [-0.2, -0.15) is 0 Å². The third-order valence-electron chi connectivity index (χ3n) is 4.87. The number of benzene rings is 1. The van der Waals surface area contributed by atoms with Crippen LogP contribution in [0.3, 0.4) is 0 Å². The highest BCUT2D eigenvalue weighted by atomic mass is 16.2. The molecule has 6 nitrogen and oxygen atoms in total. The molecule has 0 unspecified atom stereocenters. The molecule has 0 N–H and O–H groups in total. The molecule has 1 aliphatic heterocycles. The maximum Gasteiger partial charge on any atom is 0.219 e. The number of fused-ring (bicyclic) bond motifs is 1. The second kappa shape index (κ2) is 6.20. The second-order valence-corrected chi connectivity index (χ2v) is 6.45. The number of pyridine rings is 1. The van der Waals surface area contributed by atoms with Gasteiger partial charge in [-0.3, -0.25) is 9.78 Å². The van der Waals surface area contributed by atoms with Crippen LogP contribution in [0.25, 0.3) is 22.3 Å². The highest BCUT2D eigenvalue weighted by molar-refractivity contribution is 5.79. The molecule has 0 atom stereocenters. The van der Waals surface area contributed by atoms with Gasteiger partial charge < -0.3 is 14.4 Å². The van der Waals surface area contributed by atoms with Gasteiger partial charge in [-0.05, 0) is 18.2 Å². The number of carbonyl (C=O) groups excluding carboxylic acids is 1. The van der Waals surface area contributed by atoms with Crippen LogP contribution in [0.4, 0.5) is 5.69 Å². The van der Waals surface area contributed by atoms with E-state index in [0.29, 0.717) is 0 Å². The number of hydrogen-bond acceptors (Lipinski definition) is 4. The number of rotatable bonds is 2. The predicted molar refractivity (Wildman–Crippen MR) is 98.4 cm³/mol. The monoisotopic (exact) mass is 335 g/mol. The Morgan fingerprint density at radius 3 is 2.44 bits per heavy atom. The molecule has 1 amide bonds. The fourth-order valence-corrected chi connectivity index (χ4v) is 3.30. The summed E-state index contributed by atoms with van der Waals surface area (Å²) in [6.07, 6.45) is 3.67. The molecule has 1 saturated heterocycles. The molecule has 128 valence electrons. The van der Waals surface area contributed by atoms with Gasteiger partial charge in [0.2, 0.25) is 5.91 Å². The Hall–Kier alpha value is -2.89. The molecule has 4 rings (SSSR count). The summed E-state index contributed by atoms with van der Waals surface area (Å²) in [6, 6.07) is 10.5. The number of carbonyl (C=O) groups is 1. The van der Waals surface area contributed by atoms with Gasteiger partial charge in [0.1, 0.15) is 0 Å². The summed E-state index contributed by atoms with van der Waals surface area (Å²) in [5.74, 6) is 0.158. The summed E-state index contributed by atoms with van der Waals surface area (Å²) in [6.45, 7) is 4.95. The molecule has 3 aromatic rings. The highest BCUT2D eigenvalue weighted by Gasteiger charge is 2.18. The largest absolute Gasteiger partial charge is 0.368 e. The molecular formula is C19H21N5O. The fraction of sp³-hybridized carbons (Fsp3) is 0.316. The van der Waals surface area contributed by atoms with E-state index in [1.165, 1.54) is 5.69 Å². The molecule has 2 aromatic heterocycles. The van der Waals surface area contributed by atoms with Gasteiger partial charge in [0.15, 0.2) is 0 Å². The van der Waals surface area contributed by atoms with Crippen molar-refractivity contribution in [2.45, 2.75) is 6.92 Å². The molecule has 25 heavy (non-hydrogen) atoms. The van der Waals surface area contributed by atoms with Crippen LogP contribution in [0.15, 0.2) is 42.9 Å². The minimum atomic E-state index is 0.158. The minimum absolute atomic E-state index is 0.158. The van der Waals surface area contributed by atoms with Crippen LogP contribution in [0.2, 0.25) is 0 Å². The summed E-state index contributed by atoms with van der Waals surface area (Å²) in [4.78, 5) is 24.6. The Morgan fingerprint density at radius 1 is 1.04 bits per heavy atom. The topological polar surface area (TPSA) is 54.3 Å². The smallest absolute Gasteiger partial charge is 0.219 e. The first-order valence-electron chi connectivity index (χ1n) is 8.50. The Bertz CT molecular complexity index is 907. The van der Waals surface area contributed by atoms with Crippen molar-refractivity contribution >= 4 is 22.6 Å². The number of amides is 1. The van der Waals surface area contributed by atoms with Gasteiger partial charge in [-0.25, -0.2) is 4.98 Å². The molecule has 0 bridgehead atoms. The Morgan fingerprint density at radius 2 is 1.76 bits per heavy atom. The van der Waals surface area contributed by atoms with E-state index in [4.69, 9.17) is 0 Å². The highest BCUT2D eigenvalue weighted by Crippen LogP contribution is 2.24. The number of aryl methyl sites for hydroxylation is 1. The molecule has 0 radical (unpaired) electrons. The van der Waals surface area contributed by atoms with E-state index in [-0.39, 0.29) is 5.91 Å². The number of piperazine rings is 1. The first-order chi connectivity index (χ1) is 12.1. The summed E-state index contributed by atoms with van der Waals surface area (Å²) in [5.41, 5.74) is 5.18. The second-order valence-electron chi connectivity index (χ2n) is 6.45. The van der Waals surface area contributed by atoms with Crippen LogP contribution in [0.1, 0.15) is 6.92 Å². The van der Waals surface area contributed by atoms with E-state index >= 15 is 0 Å². The molecule has 1 fully saturated rings. The van der Waals surface area contributed by atoms with Crippen molar-refractivity contribution in [1.82, 2.24) is 19.4 Å². The lowest BCUT2D eigenvalue weighted by atomic mass is 10.1. The summed E-state index contributed by atoms with van der Waals surface area (Å²) < 4.78 is 1.97. The fourth-order valence-electron chi connectivity index (χ4n) is 3.30. The van der Waals surface area contributed by atoms with E-state index in [9.17, 15) is 4.79 Å². The van der Waals surface area contributed by atoms with Gasteiger partial charge in [0, 0.05) is 51.4 Å². The van der Waals surface area contributed by atoms with Crippen molar-refractivity contribution in [3.05, 3.63) is 42.9 Å². The molecule has 0 saturated carbocycles. The van der Waals surface area contributed by atoms with Crippen LogP contribution in [0, 0.1) is 0 Å².